The molecule has 1 aliphatic rings. The Morgan fingerprint density at radius 1 is 1.61 bits per heavy atom. The summed E-state index contributed by atoms with van der Waals surface area (Å²) in [6.07, 6.45) is 4.11. The highest BCUT2D eigenvalue weighted by atomic mass is 16.1. The Labute approximate surface area is 104 Å². The Bertz CT molecular complexity index is 599. The minimum atomic E-state index is -0.266. The first-order valence-electron chi connectivity index (χ1n) is 6.11. The summed E-state index contributed by atoms with van der Waals surface area (Å²) >= 11 is 0. The first-order chi connectivity index (χ1) is 8.74. The number of nitrogens with zero attached hydrogens (tertiary/aromatic N) is 4. The monoisotopic (exact) mass is 248 g/mol. The van der Waals surface area contributed by atoms with Gasteiger partial charge in [-0.2, -0.15) is 5.10 Å². The Morgan fingerprint density at radius 3 is 3.22 bits per heavy atom. The fourth-order valence-corrected chi connectivity index (χ4v) is 1.96. The molecule has 2 aromatic rings. The van der Waals surface area contributed by atoms with Gasteiger partial charge < -0.3 is 10.2 Å². The number of aromatic amines is 1. The van der Waals surface area contributed by atoms with Crippen LogP contribution in [0.2, 0.25) is 0 Å². The lowest BCUT2D eigenvalue weighted by molar-refractivity contribution is 0.337. The highest BCUT2D eigenvalue weighted by Gasteiger charge is 2.25. The number of nitrogens with one attached hydrogen (secondary N) is 2. The molecule has 0 radical (unpaired) electrons. The Kier molecular flexibility index (Phi) is 2.75. The quantitative estimate of drug-likeness (QED) is 0.774. The lowest BCUT2D eigenvalue weighted by Gasteiger charge is -2.15. The van der Waals surface area contributed by atoms with E-state index < -0.39 is 0 Å². The average Bonchev–Trinajstić information content (AvgIpc) is 3.15. The van der Waals surface area contributed by atoms with Crippen LogP contribution in [0.4, 0.5) is 5.82 Å². The molecule has 1 fully saturated rings. The topological polar surface area (TPSA) is 78.3 Å². The molecule has 7 heteroatoms. The third-order valence-electron chi connectivity index (χ3n) is 3.25. The van der Waals surface area contributed by atoms with E-state index in [1.807, 2.05) is 0 Å². The van der Waals surface area contributed by atoms with E-state index in [0.29, 0.717) is 5.65 Å². The summed E-state index contributed by atoms with van der Waals surface area (Å²) in [7, 11) is 2.14. The molecule has 7 nitrogen and oxygen atoms in total. The average molecular weight is 248 g/mol. The molecule has 2 N–H and O–H groups in total. The second-order valence-electron chi connectivity index (χ2n) is 4.67. The second kappa shape index (κ2) is 4.41. The van der Waals surface area contributed by atoms with Gasteiger partial charge in [0.05, 0.1) is 0 Å². The lowest BCUT2D eigenvalue weighted by atomic mass is 10.4. The van der Waals surface area contributed by atoms with E-state index in [1.54, 1.807) is 6.07 Å². The van der Waals surface area contributed by atoms with Gasteiger partial charge in [-0.3, -0.25) is 0 Å². The van der Waals surface area contributed by atoms with Crippen molar-refractivity contribution in [3.63, 3.8) is 0 Å². The molecule has 1 aliphatic carbocycles. The molecule has 0 amide bonds. The minimum absolute atomic E-state index is 0.266. The van der Waals surface area contributed by atoms with Crippen LogP contribution in [0.25, 0.3) is 5.65 Å². The zero-order valence-electron chi connectivity index (χ0n) is 10.3. The summed E-state index contributed by atoms with van der Waals surface area (Å²) in [4.78, 5) is 17.8. The minimum Gasteiger partial charge on any atom is -0.369 e. The number of fused-ring (bicyclic) bond motifs is 1. The molecule has 0 saturated heterocycles. The Balaban J connectivity index is 1.61. The molecule has 3 rings (SSSR count). The van der Waals surface area contributed by atoms with E-state index in [2.05, 4.69) is 32.4 Å². The maximum Gasteiger partial charge on any atom is 0.348 e. The van der Waals surface area contributed by atoms with Crippen LogP contribution in [0.15, 0.2) is 17.2 Å². The number of hydrogen-bond donors (Lipinski definition) is 2. The van der Waals surface area contributed by atoms with Crippen LogP contribution >= 0.6 is 0 Å². The van der Waals surface area contributed by atoms with Gasteiger partial charge in [0.1, 0.15) is 12.1 Å². The molecule has 2 heterocycles. The van der Waals surface area contributed by atoms with Gasteiger partial charge in [-0.05, 0) is 19.9 Å². The van der Waals surface area contributed by atoms with Crippen LogP contribution in [-0.4, -0.2) is 50.7 Å². The van der Waals surface area contributed by atoms with Crippen molar-refractivity contribution in [2.24, 2.45) is 0 Å². The van der Waals surface area contributed by atoms with Gasteiger partial charge in [0.2, 0.25) is 0 Å². The normalized spacial score (nSPS) is 15.4. The van der Waals surface area contributed by atoms with Crippen molar-refractivity contribution in [3.05, 3.63) is 22.9 Å². The number of anilines is 1. The number of aromatic nitrogens is 4. The van der Waals surface area contributed by atoms with Gasteiger partial charge in [-0.15, -0.1) is 0 Å². The molecule has 18 heavy (non-hydrogen) atoms. The van der Waals surface area contributed by atoms with Gasteiger partial charge in [-0.25, -0.2) is 19.3 Å². The van der Waals surface area contributed by atoms with Crippen LogP contribution < -0.4 is 11.0 Å². The molecule has 0 aromatic carbocycles. The molecule has 0 atom stereocenters. The SMILES string of the molecule is CN(CCNc1cc2n[nH]c(=O)n2cn1)C1CC1. The third-order valence-corrected chi connectivity index (χ3v) is 3.25. The van der Waals surface area contributed by atoms with Crippen molar-refractivity contribution in [2.45, 2.75) is 18.9 Å². The van der Waals surface area contributed by atoms with Crippen LogP contribution in [0.1, 0.15) is 12.8 Å². The number of rotatable bonds is 5. The van der Waals surface area contributed by atoms with E-state index >= 15 is 0 Å². The lowest BCUT2D eigenvalue weighted by Crippen LogP contribution is -2.27. The van der Waals surface area contributed by atoms with Gasteiger partial charge in [0.15, 0.2) is 5.65 Å². The van der Waals surface area contributed by atoms with Gasteiger partial charge in [-0.1, -0.05) is 0 Å². The molecule has 96 valence electrons. The van der Waals surface area contributed by atoms with Crippen molar-refractivity contribution >= 4 is 11.5 Å². The summed E-state index contributed by atoms with van der Waals surface area (Å²) in [5, 5.41) is 9.52. The zero-order valence-corrected chi connectivity index (χ0v) is 10.3. The van der Waals surface area contributed by atoms with Crippen molar-refractivity contribution in [1.82, 2.24) is 24.5 Å². The van der Waals surface area contributed by atoms with E-state index in [-0.39, 0.29) is 5.69 Å². The third kappa shape index (κ3) is 2.21. The first kappa shape index (κ1) is 11.2. The molecule has 0 unspecified atom stereocenters. The van der Waals surface area contributed by atoms with E-state index in [1.165, 1.54) is 23.6 Å². The Morgan fingerprint density at radius 2 is 2.44 bits per heavy atom. The van der Waals surface area contributed by atoms with Crippen molar-refractivity contribution in [1.29, 1.82) is 0 Å². The van der Waals surface area contributed by atoms with Crippen molar-refractivity contribution in [2.75, 3.05) is 25.5 Å². The number of likely N-dealkylation sites (N-methyl/N-ethyl adjacent to an activating group) is 1. The molecule has 0 aliphatic heterocycles. The standard InChI is InChI=1S/C11H16N6O/c1-16(8-2-3-8)5-4-12-9-6-10-14-15-11(18)17(10)7-13-9/h6-8,12H,2-5H2,1H3,(H,15,18). The summed E-state index contributed by atoms with van der Waals surface area (Å²) in [6, 6.07) is 2.53. The maximum absolute atomic E-state index is 11.3. The van der Waals surface area contributed by atoms with Crippen molar-refractivity contribution < 1.29 is 0 Å². The molecular formula is C11H16N6O. The van der Waals surface area contributed by atoms with Crippen LogP contribution in [0.5, 0.6) is 0 Å². The predicted molar refractivity (Wildman–Crippen MR) is 67.7 cm³/mol. The smallest absolute Gasteiger partial charge is 0.348 e. The van der Waals surface area contributed by atoms with E-state index in [0.717, 1.165) is 24.9 Å². The summed E-state index contributed by atoms with van der Waals surface area (Å²) < 4.78 is 1.38. The number of H-pyrrole nitrogens is 1. The highest BCUT2D eigenvalue weighted by Crippen LogP contribution is 2.24. The summed E-state index contributed by atoms with van der Waals surface area (Å²) in [6.45, 7) is 1.83. The second-order valence-corrected chi connectivity index (χ2v) is 4.67. The van der Waals surface area contributed by atoms with Crippen LogP contribution in [0, 0.1) is 0 Å². The zero-order chi connectivity index (χ0) is 12.5. The summed E-state index contributed by atoms with van der Waals surface area (Å²) in [5.74, 6) is 0.741. The fourth-order valence-electron chi connectivity index (χ4n) is 1.96. The van der Waals surface area contributed by atoms with E-state index in [9.17, 15) is 4.79 Å². The van der Waals surface area contributed by atoms with Gasteiger partial charge in [0.25, 0.3) is 0 Å². The maximum atomic E-state index is 11.3. The van der Waals surface area contributed by atoms with Crippen molar-refractivity contribution in [3.8, 4) is 0 Å². The predicted octanol–water partition coefficient (Wildman–Crippen LogP) is -0.0763. The van der Waals surface area contributed by atoms with Crippen LogP contribution in [0.3, 0.4) is 0 Å². The highest BCUT2D eigenvalue weighted by molar-refractivity contribution is 5.48. The van der Waals surface area contributed by atoms with Crippen LogP contribution in [-0.2, 0) is 0 Å². The fraction of sp³-hybridized carbons (Fsp3) is 0.545. The molecule has 1 saturated carbocycles. The van der Waals surface area contributed by atoms with Gasteiger partial charge in [0, 0.05) is 25.2 Å². The van der Waals surface area contributed by atoms with Gasteiger partial charge >= 0.3 is 5.69 Å². The summed E-state index contributed by atoms with van der Waals surface area (Å²) in [5.41, 5.74) is 0.311. The molecular weight excluding hydrogens is 232 g/mol. The Hall–Kier alpha value is -1.89. The molecule has 0 bridgehead atoms. The largest absolute Gasteiger partial charge is 0.369 e. The molecule has 2 aromatic heterocycles. The van der Waals surface area contributed by atoms with E-state index in [4.69, 9.17) is 0 Å². The first-order valence-corrected chi connectivity index (χ1v) is 6.11. The molecule has 0 spiro atoms. The number of hydrogen-bond acceptors (Lipinski definition) is 5.